The molecule has 0 atom stereocenters. The fraction of sp³-hybridized carbons (Fsp3) is 0.308. The van der Waals surface area contributed by atoms with Crippen molar-refractivity contribution >= 4 is 23.3 Å². The molecule has 21 heavy (non-hydrogen) atoms. The summed E-state index contributed by atoms with van der Waals surface area (Å²) >= 11 is 0. The van der Waals surface area contributed by atoms with E-state index in [-0.39, 0.29) is 12.0 Å². The van der Waals surface area contributed by atoms with E-state index in [0.717, 1.165) is 11.4 Å². The van der Waals surface area contributed by atoms with Gasteiger partial charge in [0.25, 0.3) is 0 Å². The average molecular weight is 289 g/mol. The number of hydrogen-bond donors (Lipinski definition) is 3. The maximum Gasteiger partial charge on any atom is 0.323 e. The van der Waals surface area contributed by atoms with Crippen LogP contribution >= 0.6 is 0 Å². The first-order valence-corrected chi connectivity index (χ1v) is 6.52. The molecule has 8 heteroatoms. The maximum absolute atomic E-state index is 5.34. The minimum atomic E-state index is 0.216. The van der Waals surface area contributed by atoms with Gasteiger partial charge in [-0.3, -0.25) is 5.43 Å². The lowest BCUT2D eigenvalue weighted by Gasteiger charge is -2.13. The van der Waals surface area contributed by atoms with Crippen LogP contribution in [0.2, 0.25) is 0 Å². The highest BCUT2D eigenvalue weighted by Gasteiger charge is 2.07. The van der Waals surface area contributed by atoms with Gasteiger partial charge in [-0.1, -0.05) is 0 Å². The lowest BCUT2D eigenvalue weighted by atomic mass is 10.2. The first kappa shape index (κ1) is 14.8. The molecule has 0 bridgehead atoms. The number of hydrogen-bond acceptors (Lipinski definition) is 8. The van der Waals surface area contributed by atoms with Crippen LogP contribution in [-0.4, -0.2) is 35.7 Å². The van der Waals surface area contributed by atoms with Gasteiger partial charge in [0.1, 0.15) is 0 Å². The Bertz CT molecular complexity index is 586. The van der Waals surface area contributed by atoms with Crippen LogP contribution in [0.15, 0.2) is 24.3 Å². The number of nitrogens with zero attached hydrogens (tertiary/aromatic N) is 4. The Hall–Kier alpha value is -2.61. The zero-order chi connectivity index (χ0) is 15.2. The molecule has 0 aliphatic heterocycles. The van der Waals surface area contributed by atoms with E-state index < -0.39 is 0 Å². The van der Waals surface area contributed by atoms with Crippen LogP contribution in [0.4, 0.5) is 23.3 Å². The minimum absolute atomic E-state index is 0.216. The summed E-state index contributed by atoms with van der Waals surface area (Å²) in [7, 11) is 3.98. The van der Waals surface area contributed by atoms with E-state index in [1.54, 1.807) is 0 Å². The van der Waals surface area contributed by atoms with E-state index in [4.69, 9.17) is 10.6 Å². The fourth-order valence-corrected chi connectivity index (χ4v) is 1.64. The number of ether oxygens (including phenoxy) is 1. The van der Waals surface area contributed by atoms with Crippen LogP contribution in [0, 0.1) is 0 Å². The van der Waals surface area contributed by atoms with Crippen molar-refractivity contribution in [2.75, 3.05) is 36.3 Å². The molecule has 4 N–H and O–H groups in total. The molecule has 0 fully saturated rings. The average Bonchev–Trinajstić information content (AvgIpc) is 2.48. The minimum Gasteiger partial charge on any atom is -0.464 e. The molecule has 112 valence electrons. The molecule has 0 aliphatic rings. The van der Waals surface area contributed by atoms with Gasteiger partial charge in [-0.15, -0.1) is 0 Å². The second-order valence-corrected chi connectivity index (χ2v) is 4.41. The van der Waals surface area contributed by atoms with Gasteiger partial charge in [0.05, 0.1) is 6.61 Å². The molecule has 1 heterocycles. The number of aromatic nitrogens is 3. The molecule has 0 aliphatic carbocycles. The van der Waals surface area contributed by atoms with Gasteiger partial charge < -0.3 is 15.0 Å². The molecule has 0 unspecified atom stereocenters. The summed E-state index contributed by atoms with van der Waals surface area (Å²) < 4.78 is 5.27. The Morgan fingerprint density at radius 1 is 1.10 bits per heavy atom. The first-order valence-electron chi connectivity index (χ1n) is 6.52. The van der Waals surface area contributed by atoms with E-state index in [9.17, 15) is 0 Å². The van der Waals surface area contributed by atoms with Gasteiger partial charge in [0, 0.05) is 25.5 Å². The summed E-state index contributed by atoms with van der Waals surface area (Å²) in [6, 6.07) is 8.08. The van der Waals surface area contributed by atoms with Crippen LogP contribution in [-0.2, 0) is 0 Å². The van der Waals surface area contributed by atoms with Crippen molar-refractivity contribution in [3.8, 4) is 6.01 Å². The molecule has 0 saturated heterocycles. The molecule has 2 aromatic rings. The van der Waals surface area contributed by atoms with Crippen LogP contribution in [0.25, 0.3) is 0 Å². The van der Waals surface area contributed by atoms with E-state index in [1.807, 2.05) is 50.2 Å². The molecule has 0 radical (unpaired) electrons. The molecule has 0 saturated carbocycles. The molecule has 1 aromatic carbocycles. The third kappa shape index (κ3) is 3.93. The van der Waals surface area contributed by atoms with E-state index in [2.05, 4.69) is 25.7 Å². The van der Waals surface area contributed by atoms with Gasteiger partial charge in [-0.2, -0.15) is 15.0 Å². The molecule has 2 rings (SSSR count). The highest BCUT2D eigenvalue weighted by Crippen LogP contribution is 2.19. The number of rotatable bonds is 6. The Morgan fingerprint density at radius 3 is 2.33 bits per heavy atom. The van der Waals surface area contributed by atoms with Gasteiger partial charge in [0.2, 0.25) is 11.9 Å². The van der Waals surface area contributed by atoms with E-state index in [1.165, 1.54) is 0 Å². The molecule has 1 aromatic heterocycles. The van der Waals surface area contributed by atoms with Gasteiger partial charge >= 0.3 is 6.01 Å². The molecule has 8 nitrogen and oxygen atoms in total. The summed E-state index contributed by atoms with van der Waals surface area (Å²) in [6.45, 7) is 2.32. The maximum atomic E-state index is 5.34. The number of anilines is 4. The van der Waals surface area contributed by atoms with Crippen molar-refractivity contribution in [3.63, 3.8) is 0 Å². The smallest absolute Gasteiger partial charge is 0.323 e. The summed E-state index contributed by atoms with van der Waals surface area (Å²) in [6.07, 6.45) is 0. The van der Waals surface area contributed by atoms with Crippen molar-refractivity contribution in [1.82, 2.24) is 15.0 Å². The van der Waals surface area contributed by atoms with Crippen LogP contribution < -0.4 is 26.2 Å². The third-order valence-corrected chi connectivity index (χ3v) is 2.66. The Labute approximate surface area is 123 Å². The molecule has 0 spiro atoms. The molecular formula is C13H19N7O. The Balaban J connectivity index is 2.19. The van der Waals surface area contributed by atoms with E-state index >= 15 is 0 Å². The summed E-state index contributed by atoms with van der Waals surface area (Å²) in [5, 5.41) is 3.09. The zero-order valence-electron chi connectivity index (χ0n) is 12.3. The third-order valence-electron chi connectivity index (χ3n) is 2.66. The molecule has 0 amide bonds. The predicted molar refractivity (Wildman–Crippen MR) is 82.9 cm³/mol. The number of hydrazine groups is 1. The zero-order valence-corrected chi connectivity index (χ0v) is 12.3. The standard InChI is InChI=1S/C13H19N7O/c1-4-21-13-17-11(16-12(18-13)19-14)15-9-5-7-10(8-6-9)20(2)3/h5-8H,4,14H2,1-3H3,(H2,15,16,17,18,19). The number of nitrogens with one attached hydrogen (secondary N) is 2. The first-order chi connectivity index (χ1) is 10.1. The van der Waals surface area contributed by atoms with Crippen LogP contribution in [0.3, 0.4) is 0 Å². The Kier molecular flexibility index (Phi) is 4.72. The number of benzene rings is 1. The van der Waals surface area contributed by atoms with Crippen molar-refractivity contribution in [2.24, 2.45) is 5.84 Å². The number of nitrogen functional groups attached to an aromatic ring is 1. The highest BCUT2D eigenvalue weighted by molar-refractivity contribution is 5.59. The number of nitrogens with two attached hydrogens (primary N) is 1. The highest BCUT2D eigenvalue weighted by atomic mass is 16.5. The summed E-state index contributed by atoms with van der Waals surface area (Å²) in [5.41, 5.74) is 4.35. The van der Waals surface area contributed by atoms with Crippen molar-refractivity contribution in [3.05, 3.63) is 24.3 Å². The second-order valence-electron chi connectivity index (χ2n) is 4.41. The van der Waals surface area contributed by atoms with Gasteiger partial charge in [-0.05, 0) is 31.2 Å². The quantitative estimate of drug-likeness (QED) is 0.541. The lowest BCUT2D eigenvalue weighted by molar-refractivity contribution is 0.312. The Morgan fingerprint density at radius 2 is 1.76 bits per heavy atom. The van der Waals surface area contributed by atoms with Crippen molar-refractivity contribution in [1.29, 1.82) is 0 Å². The van der Waals surface area contributed by atoms with Crippen LogP contribution in [0.5, 0.6) is 6.01 Å². The SMILES string of the molecule is CCOc1nc(NN)nc(Nc2ccc(N(C)C)cc2)n1. The largest absolute Gasteiger partial charge is 0.464 e. The van der Waals surface area contributed by atoms with E-state index in [0.29, 0.717) is 12.6 Å². The molecular weight excluding hydrogens is 270 g/mol. The summed E-state index contributed by atoms with van der Waals surface area (Å²) in [4.78, 5) is 14.3. The monoisotopic (exact) mass is 289 g/mol. The van der Waals surface area contributed by atoms with Crippen molar-refractivity contribution < 1.29 is 4.74 Å². The van der Waals surface area contributed by atoms with Gasteiger partial charge in [-0.25, -0.2) is 5.84 Å². The lowest BCUT2D eigenvalue weighted by Crippen LogP contribution is -2.13. The van der Waals surface area contributed by atoms with Crippen molar-refractivity contribution in [2.45, 2.75) is 6.92 Å². The topological polar surface area (TPSA) is 101 Å². The normalized spacial score (nSPS) is 10.1. The van der Waals surface area contributed by atoms with Crippen LogP contribution in [0.1, 0.15) is 6.92 Å². The summed E-state index contributed by atoms with van der Waals surface area (Å²) in [5.74, 6) is 5.94. The predicted octanol–water partition coefficient (Wildman–Crippen LogP) is 1.37. The second kappa shape index (κ2) is 6.71. The fourth-order valence-electron chi connectivity index (χ4n) is 1.64. The van der Waals surface area contributed by atoms with Gasteiger partial charge in [0.15, 0.2) is 0 Å².